The summed E-state index contributed by atoms with van der Waals surface area (Å²) in [5.41, 5.74) is 4.59. The van der Waals surface area contributed by atoms with Gasteiger partial charge in [0.2, 0.25) is 12.5 Å². The fourth-order valence-electron chi connectivity index (χ4n) is 4.51. The van der Waals surface area contributed by atoms with E-state index in [9.17, 15) is 4.79 Å². The Hall–Kier alpha value is -3.75. The van der Waals surface area contributed by atoms with Gasteiger partial charge in [-0.3, -0.25) is 9.69 Å². The SMILES string of the molecule is COc1c2c(cc3c1C(CC(=O)c1cccc(C#Cc4ccccc4)c1)N(C)CC3)OCO2. The summed E-state index contributed by atoms with van der Waals surface area (Å²) in [7, 11) is 3.69. The minimum Gasteiger partial charge on any atom is -0.492 e. The van der Waals surface area contributed by atoms with Crippen LogP contribution in [0.1, 0.15) is 45.1 Å². The number of hydrogen-bond donors (Lipinski definition) is 0. The molecule has 0 aliphatic carbocycles. The van der Waals surface area contributed by atoms with Crippen LogP contribution in [0.15, 0.2) is 60.7 Å². The van der Waals surface area contributed by atoms with Gasteiger partial charge < -0.3 is 14.2 Å². The van der Waals surface area contributed by atoms with Gasteiger partial charge in [0.25, 0.3) is 0 Å². The van der Waals surface area contributed by atoms with Crippen LogP contribution in [0.5, 0.6) is 17.2 Å². The van der Waals surface area contributed by atoms with Gasteiger partial charge in [0, 0.05) is 41.3 Å². The van der Waals surface area contributed by atoms with Crippen molar-refractivity contribution < 1.29 is 19.0 Å². The number of benzene rings is 3. The zero-order valence-electron chi connectivity index (χ0n) is 18.8. The van der Waals surface area contributed by atoms with Crippen LogP contribution >= 0.6 is 0 Å². The second-order valence-corrected chi connectivity index (χ2v) is 8.29. The third-order valence-corrected chi connectivity index (χ3v) is 6.24. The average Bonchev–Trinajstić information content (AvgIpc) is 3.32. The van der Waals surface area contributed by atoms with Crippen LogP contribution in [0.4, 0.5) is 0 Å². The van der Waals surface area contributed by atoms with Crippen molar-refractivity contribution in [3.05, 3.63) is 88.5 Å². The van der Waals surface area contributed by atoms with Crippen LogP contribution in [-0.2, 0) is 6.42 Å². The molecule has 2 aliphatic rings. The summed E-state index contributed by atoms with van der Waals surface area (Å²) in [5.74, 6) is 8.41. The van der Waals surface area contributed by atoms with Crippen molar-refractivity contribution in [2.45, 2.75) is 18.9 Å². The molecule has 33 heavy (non-hydrogen) atoms. The number of ketones is 1. The molecule has 166 valence electrons. The van der Waals surface area contributed by atoms with Crippen molar-refractivity contribution in [3.8, 4) is 29.1 Å². The van der Waals surface area contributed by atoms with E-state index in [-0.39, 0.29) is 18.6 Å². The Balaban J connectivity index is 1.43. The lowest BCUT2D eigenvalue weighted by Gasteiger charge is -2.35. The molecular weight excluding hydrogens is 414 g/mol. The molecule has 5 heteroatoms. The Morgan fingerprint density at radius 1 is 1.06 bits per heavy atom. The number of ether oxygens (including phenoxy) is 3. The lowest BCUT2D eigenvalue weighted by atomic mass is 9.87. The van der Waals surface area contributed by atoms with Crippen LogP contribution in [0.3, 0.4) is 0 Å². The predicted molar refractivity (Wildman–Crippen MR) is 126 cm³/mol. The van der Waals surface area contributed by atoms with Crippen LogP contribution < -0.4 is 14.2 Å². The molecule has 0 fully saturated rings. The second-order valence-electron chi connectivity index (χ2n) is 8.29. The highest BCUT2D eigenvalue weighted by Crippen LogP contribution is 2.50. The Bertz CT molecular complexity index is 1260. The predicted octanol–water partition coefficient (Wildman–Crippen LogP) is 4.63. The molecule has 0 bridgehead atoms. The first-order valence-corrected chi connectivity index (χ1v) is 11.0. The molecule has 1 unspecified atom stereocenters. The van der Waals surface area contributed by atoms with E-state index in [1.807, 2.05) is 67.7 Å². The lowest BCUT2D eigenvalue weighted by Crippen LogP contribution is -2.34. The smallest absolute Gasteiger partial charge is 0.231 e. The largest absolute Gasteiger partial charge is 0.492 e. The van der Waals surface area contributed by atoms with E-state index in [0.29, 0.717) is 29.2 Å². The first kappa shape index (κ1) is 21.1. The zero-order valence-corrected chi connectivity index (χ0v) is 18.8. The highest BCUT2D eigenvalue weighted by Gasteiger charge is 2.35. The van der Waals surface area contributed by atoms with Crippen molar-refractivity contribution >= 4 is 5.78 Å². The summed E-state index contributed by atoms with van der Waals surface area (Å²) in [5, 5.41) is 0. The number of methoxy groups -OCH3 is 1. The molecule has 0 saturated heterocycles. The topological polar surface area (TPSA) is 48.0 Å². The van der Waals surface area contributed by atoms with Crippen LogP contribution in [0.2, 0.25) is 0 Å². The average molecular weight is 440 g/mol. The van der Waals surface area contributed by atoms with E-state index in [1.54, 1.807) is 7.11 Å². The van der Waals surface area contributed by atoms with Crippen molar-refractivity contribution in [3.63, 3.8) is 0 Å². The Morgan fingerprint density at radius 3 is 2.67 bits per heavy atom. The fraction of sp³-hybridized carbons (Fsp3) is 0.250. The first-order valence-electron chi connectivity index (χ1n) is 11.0. The molecule has 0 amide bonds. The monoisotopic (exact) mass is 439 g/mol. The van der Waals surface area contributed by atoms with Gasteiger partial charge in [0.1, 0.15) is 0 Å². The van der Waals surface area contributed by atoms with Crippen molar-refractivity contribution in [2.24, 2.45) is 0 Å². The highest BCUT2D eigenvalue weighted by molar-refractivity contribution is 5.97. The van der Waals surface area contributed by atoms with Gasteiger partial charge in [0.05, 0.1) is 7.11 Å². The fourth-order valence-corrected chi connectivity index (χ4v) is 4.51. The number of rotatable bonds is 4. The molecular formula is C28H25NO4. The van der Waals surface area contributed by atoms with Crippen LogP contribution in [0, 0.1) is 11.8 Å². The number of nitrogens with zero attached hydrogens (tertiary/aromatic N) is 1. The summed E-state index contributed by atoms with van der Waals surface area (Å²) in [6.07, 6.45) is 1.21. The number of carbonyl (C=O) groups is 1. The van der Waals surface area contributed by atoms with Crippen molar-refractivity contribution in [1.29, 1.82) is 0 Å². The van der Waals surface area contributed by atoms with E-state index < -0.39 is 0 Å². The molecule has 1 atom stereocenters. The van der Waals surface area contributed by atoms with Gasteiger partial charge in [-0.15, -0.1) is 0 Å². The van der Waals surface area contributed by atoms with E-state index in [4.69, 9.17) is 14.2 Å². The number of hydrogen-bond acceptors (Lipinski definition) is 5. The molecule has 2 aliphatic heterocycles. The van der Waals surface area contributed by atoms with Gasteiger partial charge in [-0.2, -0.15) is 0 Å². The Morgan fingerprint density at radius 2 is 1.85 bits per heavy atom. The lowest BCUT2D eigenvalue weighted by molar-refractivity contribution is 0.0925. The standard InChI is InChI=1S/C28H25NO4/c1-29-14-13-22-16-25-27(33-18-32-25)28(31-2)26(22)23(29)17-24(30)21-10-6-9-20(15-21)12-11-19-7-4-3-5-8-19/h3-10,15-16,23H,13-14,17-18H2,1-2H3. The molecule has 0 aromatic heterocycles. The summed E-state index contributed by atoms with van der Waals surface area (Å²) >= 11 is 0. The quantitative estimate of drug-likeness (QED) is 0.438. The molecule has 0 saturated carbocycles. The zero-order chi connectivity index (χ0) is 22.8. The first-order chi connectivity index (χ1) is 16.1. The summed E-state index contributed by atoms with van der Waals surface area (Å²) in [6.45, 7) is 1.04. The number of fused-ring (bicyclic) bond motifs is 2. The summed E-state index contributed by atoms with van der Waals surface area (Å²) in [6, 6.07) is 19.3. The van der Waals surface area contributed by atoms with E-state index in [0.717, 1.165) is 35.2 Å². The molecule has 0 spiro atoms. The molecule has 2 heterocycles. The second kappa shape index (κ2) is 9.01. The number of likely N-dealkylation sites (N-methyl/N-ethyl adjacent to an activating group) is 1. The normalized spacial score (nSPS) is 16.5. The van der Waals surface area contributed by atoms with Gasteiger partial charge in [-0.1, -0.05) is 42.2 Å². The minimum atomic E-state index is -0.107. The number of Topliss-reactive ketones (excluding diaryl/α,β-unsaturated/α-hetero) is 1. The Kier molecular flexibility index (Phi) is 5.77. The molecule has 3 aromatic carbocycles. The van der Waals surface area contributed by atoms with Gasteiger partial charge in [0.15, 0.2) is 17.3 Å². The van der Waals surface area contributed by atoms with Gasteiger partial charge >= 0.3 is 0 Å². The van der Waals surface area contributed by atoms with E-state index in [2.05, 4.69) is 16.7 Å². The van der Waals surface area contributed by atoms with Gasteiger partial charge in [-0.25, -0.2) is 0 Å². The van der Waals surface area contributed by atoms with E-state index in [1.165, 1.54) is 0 Å². The van der Waals surface area contributed by atoms with Crippen molar-refractivity contribution in [1.82, 2.24) is 4.90 Å². The number of carbonyl (C=O) groups excluding carboxylic acids is 1. The highest BCUT2D eigenvalue weighted by atomic mass is 16.7. The van der Waals surface area contributed by atoms with Crippen LogP contribution in [0.25, 0.3) is 0 Å². The molecule has 5 rings (SSSR count). The van der Waals surface area contributed by atoms with E-state index >= 15 is 0 Å². The molecule has 0 N–H and O–H groups in total. The molecule has 5 nitrogen and oxygen atoms in total. The van der Waals surface area contributed by atoms with Crippen molar-refractivity contribution in [2.75, 3.05) is 27.5 Å². The van der Waals surface area contributed by atoms with Crippen LogP contribution in [-0.4, -0.2) is 38.2 Å². The maximum absolute atomic E-state index is 13.4. The summed E-state index contributed by atoms with van der Waals surface area (Å²) < 4.78 is 17.0. The minimum absolute atomic E-state index is 0.0720. The third-order valence-electron chi connectivity index (χ3n) is 6.24. The molecule has 3 aromatic rings. The maximum atomic E-state index is 13.4. The summed E-state index contributed by atoms with van der Waals surface area (Å²) in [4.78, 5) is 15.6. The Labute approximate surface area is 193 Å². The molecule has 0 radical (unpaired) electrons. The third kappa shape index (κ3) is 4.18. The maximum Gasteiger partial charge on any atom is 0.231 e. The van der Waals surface area contributed by atoms with Gasteiger partial charge in [-0.05, 0) is 49.4 Å².